The van der Waals surface area contributed by atoms with E-state index in [-0.39, 0.29) is 5.37 Å². The maximum Gasteiger partial charge on any atom is 0.176 e. The van der Waals surface area contributed by atoms with Crippen LogP contribution in [0.3, 0.4) is 0 Å². The first-order chi connectivity index (χ1) is 6.15. The molecule has 0 aromatic rings. The van der Waals surface area contributed by atoms with Crippen LogP contribution in [-0.2, 0) is 11.1 Å². The van der Waals surface area contributed by atoms with Gasteiger partial charge in [-0.05, 0) is 6.42 Å². The van der Waals surface area contributed by atoms with Crippen LogP contribution in [0.25, 0.3) is 0 Å². The van der Waals surface area contributed by atoms with Gasteiger partial charge in [0, 0.05) is 19.4 Å². The monoisotopic (exact) mass is 204 g/mol. The van der Waals surface area contributed by atoms with Crippen molar-refractivity contribution in [2.75, 3.05) is 13.7 Å². The first-order valence-electron chi connectivity index (χ1n) is 4.39. The van der Waals surface area contributed by atoms with E-state index in [1.54, 1.807) is 0 Å². The second-order valence-corrected chi connectivity index (χ2v) is 4.33. The third-order valence-corrected chi connectivity index (χ3v) is 3.01. The van der Waals surface area contributed by atoms with Crippen LogP contribution in [0.2, 0.25) is 0 Å². The number of rotatable bonds is 4. The zero-order valence-corrected chi connectivity index (χ0v) is 8.83. The molecule has 0 bridgehead atoms. The van der Waals surface area contributed by atoms with E-state index >= 15 is 0 Å². The molecule has 1 rings (SSSR count). The van der Waals surface area contributed by atoms with E-state index in [9.17, 15) is 4.21 Å². The quantitative estimate of drug-likeness (QED) is 0.694. The van der Waals surface area contributed by atoms with Gasteiger partial charge in [-0.1, -0.05) is 13.3 Å². The highest BCUT2D eigenvalue weighted by Gasteiger charge is 2.23. The molecule has 76 valence electrons. The molecule has 0 saturated carbocycles. The Morgan fingerprint density at radius 2 is 2.31 bits per heavy atom. The highest BCUT2D eigenvalue weighted by molar-refractivity contribution is 7.79. The molecule has 1 aliphatic rings. The Hall–Kier alpha value is -0.550. The summed E-state index contributed by atoms with van der Waals surface area (Å²) in [6.07, 6.45) is 5.45. The minimum absolute atomic E-state index is 0.258. The molecule has 0 aromatic carbocycles. The second kappa shape index (κ2) is 4.62. The number of nitrogens with zero attached hydrogens (tertiary/aromatic N) is 2. The fourth-order valence-corrected chi connectivity index (χ4v) is 2.17. The minimum Gasteiger partial charge on any atom is -0.362 e. The summed E-state index contributed by atoms with van der Waals surface area (Å²) < 4.78 is 20.1. The van der Waals surface area contributed by atoms with Crippen LogP contribution >= 0.6 is 0 Å². The van der Waals surface area contributed by atoms with Crippen LogP contribution in [0.15, 0.2) is 12.4 Å². The molecule has 2 atom stereocenters. The molecule has 0 aromatic heterocycles. The van der Waals surface area contributed by atoms with E-state index in [2.05, 4.69) is 0 Å². The molecule has 0 fully saturated rings. The van der Waals surface area contributed by atoms with Gasteiger partial charge in [0.25, 0.3) is 0 Å². The van der Waals surface area contributed by atoms with E-state index in [0.717, 1.165) is 12.8 Å². The van der Waals surface area contributed by atoms with Gasteiger partial charge in [-0.3, -0.25) is 0 Å². The molecule has 0 aliphatic carbocycles. The van der Waals surface area contributed by atoms with E-state index in [4.69, 9.17) is 4.55 Å². The van der Waals surface area contributed by atoms with Gasteiger partial charge in [-0.25, -0.2) is 4.21 Å². The van der Waals surface area contributed by atoms with Crippen molar-refractivity contribution in [1.29, 1.82) is 0 Å². The normalized spacial score (nSPS) is 20.8. The van der Waals surface area contributed by atoms with E-state index in [1.165, 1.54) is 0 Å². The maximum absolute atomic E-state index is 11.0. The van der Waals surface area contributed by atoms with Crippen molar-refractivity contribution in [3.63, 3.8) is 0 Å². The number of hydrogen-bond donors (Lipinski definition) is 1. The molecular formula is C8H16N2O2S. The average Bonchev–Trinajstić information content (AvgIpc) is 2.46. The lowest BCUT2D eigenvalue weighted by Gasteiger charge is -2.25. The van der Waals surface area contributed by atoms with Crippen LogP contribution in [0.1, 0.15) is 19.8 Å². The standard InChI is InChI=1S/C8H16N2O2S/c1-3-4-8(13(11)12)10-6-5-9(2)7-10/h5-6,8H,3-4,7H2,1-2H3,(H,11,12). The third-order valence-electron chi connectivity index (χ3n) is 2.04. The zero-order chi connectivity index (χ0) is 9.84. The van der Waals surface area contributed by atoms with Gasteiger partial charge >= 0.3 is 0 Å². The molecule has 0 amide bonds. The summed E-state index contributed by atoms with van der Waals surface area (Å²) in [5.74, 6) is 0. The van der Waals surface area contributed by atoms with Crippen molar-refractivity contribution in [3.8, 4) is 0 Å². The molecular weight excluding hydrogens is 188 g/mol. The molecule has 1 heterocycles. The highest BCUT2D eigenvalue weighted by Crippen LogP contribution is 2.15. The summed E-state index contributed by atoms with van der Waals surface area (Å²) in [5, 5.41) is -0.258. The lowest BCUT2D eigenvalue weighted by Crippen LogP contribution is -2.35. The fraction of sp³-hybridized carbons (Fsp3) is 0.750. The fourth-order valence-electron chi connectivity index (χ4n) is 1.37. The van der Waals surface area contributed by atoms with E-state index < -0.39 is 11.1 Å². The molecule has 0 saturated heterocycles. The van der Waals surface area contributed by atoms with Crippen LogP contribution in [0, 0.1) is 0 Å². The average molecular weight is 204 g/mol. The summed E-state index contributed by atoms with van der Waals surface area (Å²) in [4.78, 5) is 3.88. The molecule has 0 radical (unpaired) electrons. The summed E-state index contributed by atoms with van der Waals surface area (Å²) in [6, 6.07) is 0. The Kier molecular flexibility index (Phi) is 3.74. The van der Waals surface area contributed by atoms with Crippen LogP contribution in [0.4, 0.5) is 0 Å². The summed E-state index contributed by atoms with van der Waals surface area (Å²) >= 11 is -1.76. The topological polar surface area (TPSA) is 43.8 Å². The molecule has 1 aliphatic heterocycles. The first kappa shape index (κ1) is 10.5. The van der Waals surface area contributed by atoms with Gasteiger partial charge in [0.2, 0.25) is 0 Å². The van der Waals surface area contributed by atoms with Crippen LogP contribution in [-0.4, -0.2) is 37.7 Å². The van der Waals surface area contributed by atoms with Gasteiger partial charge in [0.15, 0.2) is 11.1 Å². The Morgan fingerprint density at radius 1 is 1.62 bits per heavy atom. The largest absolute Gasteiger partial charge is 0.362 e. The van der Waals surface area contributed by atoms with Crippen molar-refractivity contribution in [1.82, 2.24) is 9.80 Å². The molecule has 13 heavy (non-hydrogen) atoms. The predicted molar refractivity (Wildman–Crippen MR) is 53.1 cm³/mol. The Morgan fingerprint density at radius 3 is 2.69 bits per heavy atom. The van der Waals surface area contributed by atoms with Crippen molar-refractivity contribution >= 4 is 11.1 Å². The second-order valence-electron chi connectivity index (χ2n) is 3.23. The minimum atomic E-state index is -1.76. The smallest absolute Gasteiger partial charge is 0.176 e. The molecule has 1 N–H and O–H groups in total. The predicted octanol–water partition coefficient (Wildman–Crippen LogP) is 1.01. The molecule has 0 spiro atoms. The van der Waals surface area contributed by atoms with Gasteiger partial charge in [0.1, 0.15) is 5.37 Å². The van der Waals surface area contributed by atoms with Crippen molar-refractivity contribution < 1.29 is 8.76 Å². The Balaban J connectivity index is 2.55. The number of hydrogen-bond acceptors (Lipinski definition) is 3. The lowest BCUT2D eigenvalue weighted by molar-refractivity contribution is 0.264. The van der Waals surface area contributed by atoms with Crippen molar-refractivity contribution in [2.24, 2.45) is 0 Å². The molecule has 2 unspecified atom stereocenters. The van der Waals surface area contributed by atoms with Gasteiger partial charge < -0.3 is 14.4 Å². The highest BCUT2D eigenvalue weighted by atomic mass is 32.2. The van der Waals surface area contributed by atoms with Crippen LogP contribution in [0.5, 0.6) is 0 Å². The zero-order valence-electron chi connectivity index (χ0n) is 8.01. The first-order valence-corrected chi connectivity index (χ1v) is 5.56. The van der Waals surface area contributed by atoms with Gasteiger partial charge in [-0.2, -0.15) is 0 Å². The Bertz CT molecular complexity index is 220. The Labute approximate surface area is 81.5 Å². The van der Waals surface area contributed by atoms with E-state index in [0.29, 0.717) is 6.67 Å². The lowest BCUT2D eigenvalue weighted by atomic mass is 10.3. The van der Waals surface area contributed by atoms with Crippen molar-refractivity contribution in [2.45, 2.75) is 25.1 Å². The van der Waals surface area contributed by atoms with E-state index in [1.807, 2.05) is 36.2 Å². The summed E-state index contributed by atoms with van der Waals surface area (Å²) in [6.45, 7) is 2.72. The third kappa shape index (κ3) is 2.70. The molecule has 4 nitrogen and oxygen atoms in total. The van der Waals surface area contributed by atoms with Gasteiger partial charge in [0.05, 0.1) is 6.67 Å². The summed E-state index contributed by atoms with van der Waals surface area (Å²) in [5.41, 5.74) is 0. The molecule has 5 heteroatoms. The SMILES string of the molecule is CCCC(N1C=CN(C)C1)S(=O)O. The van der Waals surface area contributed by atoms with Crippen molar-refractivity contribution in [3.05, 3.63) is 12.4 Å². The van der Waals surface area contributed by atoms with Crippen LogP contribution < -0.4 is 0 Å². The summed E-state index contributed by atoms with van der Waals surface area (Å²) in [7, 11) is 1.94. The van der Waals surface area contributed by atoms with Gasteiger partial charge in [-0.15, -0.1) is 0 Å². The maximum atomic E-state index is 11.0.